The fourth-order valence-electron chi connectivity index (χ4n) is 1.26. The number of para-hydroxylation sites is 1. The second-order valence-corrected chi connectivity index (χ2v) is 4.22. The molecule has 84 valence electrons. The zero-order chi connectivity index (χ0) is 11.5. The molecule has 1 aromatic heterocycles. The minimum Gasteiger partial charge on any atom is -0.480 e. The lowest BCUT2D eigenvalue weighted by atomic mass is 10.3. The molecule has 2 aromatic rings. The van der Waals surface area contributed by atoms with E-state index in [-0.39, 0.29) is 6.10 Å². The van der Waals surface area contributed by atoms with Crippen LogP contribution in [0.4, 0.5) is 0 Å². The lowest BCUT2D eigenvalue weighted by Crippen LogP contribution is -2.03. The number of hydrogen-bond donors (Lipinski definition) is 0. The first-order valence-electron chi connectivity index (χ1n) is 4.88. The van der Waals surface area contributed by atoms with Gasteiger partial charge in [0.15, 0.2) is 11.9 Å². The van der Waals surface area contributed by atoms with Crippen molar-refractivity contribution in [2.45, 2.75) is 20.0 Å². The number of halogens is 1. The summed E-state index contributed by atoms with van der Waals surface area (Å²) in [5.74, 6) is 1.84. The fraction of sp³-hybridized carbons (Fsp3) is 0.273. The second kappa shape index (κ2) is 4.65. The van der Waals surface area contributed by atoms with Gasteiger partial charge in [0.2, 0.25) is 0 Å². The number of aromatic nitrogens is 2. The van der Waals surface area contributed by atoms with Gasteiger partial charge in [-0.25, -0.2) is 0 Å². The van der Waals surface area contributed by atoms with Crippen LogP contribution in [0.1, 0.15) is 24.7 Å². The van der Waals surface area contributed by atoms with E-state index in [2.05, 4.69) is 26.1 Å². The number of nitrogens with zero attached hydrogens (tertiary/aromatic N) is 2. The van der Waals surface area contributed by atoms with Crippen molar-refractivity contribution in [3.05, 3.63) is 40.5 Å². The van der Waals surface area contributed by atoms with E-state index < -0.39 is 0 Å². The van der Waals surface area contributed by atoms with Crippen LogP contribution in [-0.2, 0) is 0 Å². The van der Waals surface area contributed by atoms with Crippen molar-refractivity contribution >= 4 is 15.9 Å². The molecule has 0 saturated heterocycles. The number of rotatable bonds is 3. The molecule has 0 aliphatic heterocycles. The van der Waals surface area contributed by atoms with Crippen LogP contribution >= 0.6 is 15.9 Å². The molecule has 1 heterocycles. The van der Waals surface area contributed by atoms with Gasteiger partial charge >= 0.3 is 0 Å². The zero-order valence-electron chi connectivity index (χ0n) is 8.98. The molecular weight excluding hydrogens is 272 g/mol. The monoisotopic (exact) mass is 282 g/mol. The maximum Gasteiger partial charge on any atom is 0.267 e. The van der Waals surface area contributed by atoms with E-state index in [9.17, 15) is 0 Å². The molecule has 2 rings (SSSR count). The predicted molar refractivity (Wildman–Crippen MR) is 62.2 cm³/mol. The van der Waals surface area contributed by atoms with Crippen LogP contribution in [-0.4, -0.2) is 10.1 Å². The largest absolute Gasteiger partial charge is 0.480 e. The predicted octanol–water partition coefficient (Wildman–Crippen LogP) is 3.28. The van der Waals surface area contributed by atoms with Crippen LogP contribution in [0, 0.1) is 6.92 Å². The van der Waals surface area contributed by atoms with Gasteiger partial charge in [-0.3, -0.25) is 0 Å². The third-order valence-electron chi connectivity index (χ3n) is 2.03. The van der Waals surface area contributed by atoms with Crippen LogP contribution in [0.2, 0.25) is 0 Å². The maximum atomic E-state index is 5.70. The molecule has 0 saturated carbocycles. The molecule has 0 fully saturated rings. The molecule has 0 amide bonds. The molecule has 0 N–H and O–H groups in total. The number of ether oxygens (including phenoxy) is 1. The molecule has 0 radical (unpaired) electrons. The second-order valence-electron chi connectivity index (χ2n) is 3.37. The molecule has 1 atom stereocenters. The van der Waals surface area contributed by atoms with E-state index >= 15 is 0 Å². The number of benzene rings is 1. The van der Waals surface area contributed by atoms with Crippen LogP contribution in [0.15, 0.2) is 33.3 Å². The maximum absolute atomic E-state index is 5.70. The van der Waals surface area contributed by atoms with Gasteiger partial charge in [0.05, 0.1) is 4.47 Å². The van der Waals surface area contributed by atoms with Crippen molar-refractivity contribution < 1.29 is 9.26 Å². The Morgan fingerprint density at radius 2 is 2.12 bits per heavy atom. The third kappa shape index (κ3) is 2.41. The summed E-state index contributed by atoms with van der Waals surface area (Å²) in [4.78, 5) is 4.12. The highest BCUT2D eigenvalue weighted by Gasteiger charge is 2.15. The molecule has 5 heteroatoms. The van der Waals surface area contributed by atoms with E-state index in [0.717, 1.165) is 10.2 Å². The van der Waals surface area contributed by atoms with E-state index in [0.29, 0.717) is 11.7 Å². The summed E-state index contributed by atoms with van der Waals surface area (Å²) in [7, 11) is 0. The van der Waals surface area contributed by atoms with Crippen LogP contribution in [0.25, 0.3) is 0 Å². The van der Waals surface area contributed by atoms with Gasteiger partial charge in [0.25, 0.3) is 5.89 Å². The smallest absolute Gasteiger partial charge is 0.267 e. The van der Waals surface area contributed by atoms with E-state index in [1.54, 1.807) is 6.92 Å². The van der Waals surface area contributed by atoms with E-state index in [1.165, 1.54) is 0 Å². The Hall–Kier alpha value is -1.36. The van der Waals surface area contributed by atoms with Crippen LogP contribution in [0.5, 0.6) is 5.75 Å². The molecule has 0 aliphatic carbocycles. The Morgan fingerprint density at radius 3 is 2.75 bits per heavy atom. The molecule has 4 nitrogen and oxygen atoms in total. The summed E-state index contributed by atoms with van der Waals surface area (Å²) in [6.45, 7) is 3.64. The van der Waals surface area contributed by atoms with Gasteiger partial charge in [0, 0.05) is 0 Å². The highest BCUT2D eigenvalue weighted by atomic mass is 79.9. The van der Waals surface area contributed by atoms with Gasteiger partial charge in [-0.15, -0.1) is 0 Å². The number of hydrogen-bond acceptors (Lipinski definition) is 4. The Labute approximate surface area is 102 Å². The van der Waals surface area contributed by atoms with Gasteiger partial charge in [-0.1, -0.05) is 17.3 Å². The quantitative estimate of drug-likeness (QED) is 0.867. The van der Waals surface area contributed by atoms with Crippen molar-refractivity contribution in [3.63, 3.8) is 0 Å². The summed E-state index contributed by atoms with van der Waals surface area (Å²) in [6.07, 6.45) is -0.264. The summed E-state index contributed by atoms with van der Waals surface area (Å²) in [5, 5.41) is 3.72. The first kappa shape index (κ1) is 11.1. The number of aryl methyl sites for hydroxylation is 1. The SMILES string of the molecule is Cc1noc(C(C)Oc2ccccc2Br)n1. The fourth-order valence-corrected chi connectivity index (χ4v) is 1.64. The third-order valence-corrected chi connectivity index (χ3v) is 2.69. The van der Waals surface area contributed by atoms with Gasteiger partial charge in [-0.05, 0) is 41.9 Å². The van der Waals surface area contributed by atoms with Crippen molar-refractivity contribution in [1.82, 2.24) is 10.1 Å². The zero-order valence-corrected chi connectivity index (χ0v) is 10.6. The van der Waals surface area contributed by atoms with Crippen molar-refractivity contribution in [2.75, 3.05) is 0 Å². The standard InChI is InChI=1S/C11H11BrN2O2/c1-7(11-13-8(2)14-16-11)15-10-6-4-3-5-9(10)12/h3-7H,1-2H3. The Kier molecular flexibility index (Phi) is 3.24. The highest BCUT2D eigenvalue weighted by molar-refractivity contribution is 9.10. The van der Waals surface area contributed by atoms with Crippen molar-refractivity contribution in [1.29, 1.82) is 0 Å². The molecule has 0 aliphatic rings. The van der Waals surface area contributed by atoms with E-state index in [1.807, 2.05) is 31.2 Å². The van der Waals surface area contributed by atoms with Gasteiger partial charge in [0.1, 0.15) is 5.75 Å². The average Bonchev–Trinajstić information content (AvgIpc) is 2.68. The lowest BCUT2D eigenvalue weighted by molar-refractivity contribution is 0.174. The molecular formula is C11H11BrN2O2. The molecule has 1 unspecified atom stereocenters. The molecule has 1 aromatic carbocycles. The lowest BCUT2D eigenvalue weighted by Gasteiger charge is -2.11. The van der Waals surface area contributed by atoms with Gasteiger partial charge in [-0.2, -0.15) is 4.98 Å². The summed E-state index contributed by atoms with van der Waals surface area (Å²) >= 11 is 3.41. The van der Waals surface area contributed by atoms with Crippen LogP contribution < -0.4 is 4.74 Å². The topological polar surface area (TPSA) is 48.2 Å². The van der Waals surface area contributed by atoms with Crippen molar-refractivity contribution in [2.24, 2.45) is 0 Å². The van der Waals surface area contributed by atoms with Gasteiger partial charge < -0.3 is 9.26 Å². The molecule has 16 heavy (non-hydrogen) atoms. The minimum absolute atomic E-state index is 0.264. The average molecular weight is 283 g/mol. The van der Waals surface area contributed by atoms with Crippen LogP contribution in [0.3, 0.4) is 0 Å². The first-order valence-corrected chi connectivity index (χ1v) is 5.67. The first-order chi connectivity index (χ1) is 7.66. The minimum atomic E-state index is -0.264. The summed E-state index contributed by atoms with van der Waals surface area (Å²) < 4.78 is 11.6. The Bertz CT molecular complexity index is 484. The Balaban J connectivity index is 2.13. The van der Waals surface area contributed by atoms with E-state index in [4.69, 9.17) is 9.26 Å². The molecule has 0 bridgehead atoms. The normalized spacial score (nSPS) is 12.4. The summed E-state index contributed by atoms with van der Waals surface area (Å²) in [5.41, 5.74) is 0. The van der Waals surface area contributed by atoms with Crippen molar-refractivity contribution in [3.8, 4) is 5.75 Å². The molecule has 0 spiro atoms. The highest BCUT2D eigenvalue weighted by Crippen LogP contribution is 2.28. The summed E-state index contributed by atoms with van der Waals surface area (Å²) in [6, 6.07) is 7.63. The Morgan fingerprint density at radius 1 is 1.38 bits per heavy atom.